The maximum absolute atomic E-state index is 14.1. The van der Waals surface area contributed by atoms with Crippen molar-refractivity contribution in [3.8, 4) is 17.2 Å². The third kappa shape index (κ3) is 4.73. The van der Waals surface area contributed by atoms with Gasteiger partial charge in [0.25, 0.3) is 0 Å². The minimum Gasteiger partial charge on any atom is -0.493 e. The second-order valence-corrected chi connectivity index (χ2v) is 10.2. The second-order valence-electron chi connectivity index (χ2n) is 10.2. The molecule has 1 amide bonds. The first kappa shape index (κ1) is 26.4. The number of amides is 1. The number of rotatable bonds is 6. The molecule has 2 atom stereocenters. The van der Waals surface area contributed by atoms with Crippen molar-refractivity contribution in [1.82, 2.24) is 0 Å². The van der Waals surface area contributed by atoms with Gasteiger partial charge in [-0.25, -0.2) is 0 Å². The number of carbonyl (C=O) groups excluding carboxylic acids is 2. The number of nitrogens with zero attached hydrogens (tertiary/aromatic N) is 1. The average Bonchev–Trinajstić information content (AvgIpc) is 3.10. The van der Waals surface area contributed by atoms with Gasteiger partial charge in [-0.3, -0.25) is 14.5 Å². The zero-order valence-electron chi connectivity index (χ0n) is 23.0. The van der Waals surface area contributed by atoms with Crippen LogP contribution in [0.15, 0.2) is 78.0 Å². The van der Waals surface area contributed by atoms with E-state index in [0.29, 0.717) is 46.9 Å². The minimum absolute atomic E-state index is 0.00529. The fraction of sp³-hybridized carbons (Fsp3) is 0.312. The average molecular weight is 527 g/mol. The Labute approximate surface area is 229 Å². The van der Waals surface area contributed by atoms with Gasteiger partial charge in [0.2, 0.25) is 11.7 Å². The normalized spacial score (nSPS) is 18.6. The zero-order chi connectivity index (χ0) is 27.7. The minimum atomic E-state index is -0.691. The third-order valence-electron chi connectivity index (χ3n) is 7.49. The molecule has 0 saturated carbocycles. The Hall–Kier alpha value is -4.26. The number of allylic oxidation sites excluding steroid dienone is 1. The summed E-state index contributed by atoms with van der Waals surface area (Å²) in [4.78, 5) is 29.9. The van der Waals surface area contributed by atoms with E-state index < -0.39 is 6.04 Å². The number of hydrogen-bond donors (Lipinski definition) is 1. The second kappa shape index (κ2) is 10.8. The molecule has 1 aliphatic heterocycles. The van der Waals surface area contributed by atoms with Gasteiger partial charge in [-0.2, -0.15) is 0 Å². The van der Waals surface area contributed by atoms with Crippen LogP contribution in [0.5, 0.6) is 17.2 Å². The quantitative estimate of drug-likeness (QED) is 0.408. The van der Waals surface area contributed by atoms with Crippen LogP contribution in [-0.4, -0.2) is 33.0 Å². The van der Waals surface area contributed by atoms with E-state index in [1.165, 1.54) is 0 Å². The van der Waals surface area contributed by atoms with Crippen molar-refractivity contribution < 1.29 is 23.8 Å². The van der Waals surface area contributed by atoms with Crippen molar-refractivity contribution in [3.63, 3.8) is 0 Å². The van der Waals surface area contributed by atoms with E-state index in [1.54, 1.807) is 26.2 Å². The van der Waals surface area contributed by atoms with Crippen LogP contribution in [0.25, 0.3) is 0 Å². The summed E-state index contributed by atoms with van der Waals surface area (Å²) in [5.74, 6) is 1.01. The highest BCUT2D eigenvalue weighted by atomic mass is 16.5. The molecule has 0 spiro atoms. The van der Waals surface area contributed by atoms with E-state index >= 15 is 0 Å². The summed E-state index contributed by atoms with van der Waals surface area (Å²) in [5, 5.41) is 3.57. The highest BCUT2D eigenvalue weighted by molar-refractivity contribution is 6.07. The molecule has 0 bridgehead atoms. The first-order valence-electron chi connectivity index (χ1n) is 13.2. The van der Waals surface area contributed by atoms with Crippen LogP contribution < -0.4 is 24.4 Å². The first-order valence-corrected chi connectivity index (χ1v) is 13.2. The number of methoxy groups -OCH3 is 3. The SMILES string of the molecule is COc1cc(C2C3=C(CC(c4ccccc4)CC3=O)Nc3ccccc3N2C(=O)C(C)C)cc(OC)c1OC. The molecule has 7 nitrogen and oxygen atoms in total. The third-order valence-corrected chi connectivity index (χ3v) is 7.49. The van der Waals surface area contributed by atoms with Gasteiger partial charge in [0.1, 0.15) is 0 Å². The van der Waals surface area contributed by atoms with Gasteiger partial charge in [-0.05, 0) is 47.7 Å². The molecule has 1 N–H and O–H groups in total. The van der Waals surface area contributed by atoms with Crippen LogP contribution in [0, 0.1) is 5.92 Å². The number of fused-ring (bicyclic) bond motifs is 1. The summed E-state index contributed by atoms with van der Waals surface area (Å²) in [6.45, 7) is 3.75. The van der Waals surface area contributed by atoms with Gasteiger partial charge in [-0.15, -0.1) is 0 Å². The van der Waals surface area contributed by atoms with E-state index in [1.807, 2.05) is 68.4 Å². The monoisotopic (exact) mass is 526 g/mol. The molecular weight excluding hydrogens is 492 g/mol. The number of ether oxygens (including phenoxy) is 3. The van der Waals surface area contributed by atoms with Crippen LogP contribution in [0.4, 0.5) is 11.4 Å². The molecule has 0 fully saturated rings. The number of carbonyl (C=O) groups is 2. The molecule has 0 saturated heterocycles. The van der Waals surface area contributed by atoms with Crippen LogP contribution in [-0.2, 0) is 9.59 Å². The zero-order valence-corrected chi connectivity index (χ0v) is 23.0. The maximum Gasteiger partial charge on any atom is 0.230 e. The van der Waals surface area contributed by atoms with Crippen LogP contribution in [0.3, 0.4) is 0 Å². The Morgan fingerprint density at radius 2 is 1.51 bits per heavy atom. The highest BCUT2D eigenvalue weighted by Crippen LogP contribution is 2.50. The Kier molecular flexibility index (Phi) is 7.33. The summed E-state index contributed by atoms with van der Waals surface area (Å²) in [5.41, 5.74) is 4.74. The number of para-hydroxylation sites is 2. The molecule has 2 aliphatic rings. The fourth-order valence-corrected chi connectivity index (χ4v) is 5.65. The molecule has 202 valence electrons. The summed E-state index contributed by atoms with van der Waals surface area (Å²) in [6, 6.07) is 20.8. The summed E-state index contributed by atoms with van der Waals surface area (Å²) in [7, 11) is 4.67. The smallest absolute Gasteiger partial charge is 0.230 e. The molecule has 1 heterocycles. The number of ketones is 1. The number of nitrogens with one attached hydrogen (secondary N) is 1. The maximum atomic E-state index is 14.1. The molecular formula is C32H34N2O5. The molecule has 3 aromatic carbocycles. The van der Waals surface area contributed by atoms with Crippen molar-refractivity contribution >= 4 is 23.1 Å². The molecule has 7 heteroatoms. The van der Waals surface area contributed by atoms with E-state index in [0.717, 1.165) is 16.9 Å². The Morgan fingerprint density at radius 3 is 2.13 bits per heavy atom. The molecule has 0 aromatic heterocycles. The van der Waals surface area contributed by atoms with Crippen molar-refractivity contribution in [2.75, 3.05) is 31.5 Å². The lowest BCUT2D eigenvalue weighted by Gasteiger charge is -2.36. The lowest BCUT2D eigenvalue weighted by molar-refractivity contribution is -0.121. The van der Waals surface area contributed by atoms with E-state index in [9.17, 15) is 9.59 Å². The predicted octanol–water partition coefficient (Wildman–Crippen LogP) is 6.27. The molecule has 0 radical (unpaired) electrons. The van der Waals surface area contributed by atoms with Gasteiger partial charge in [0.05, 0.1) is 38.7 Å². The molecule has 5 rings (SSSR count). The number of benzene rings is 3. The van der Waals surface area contributed by atoms with Crippen molar-refractivity contribution in [1.29, 1.82) is 0 Å². The summed E-state index contributed by atoms with van der Waals surface area (Å²) in [6.07, 6.45) is 0.996. The van der Waals surface area contributed by atoms with Crippen LogP contribution >= 0.6 is 0 Å². The molecule has 2 unspecified atom stereocenters. The Morgan fingerprint density at radius 1 is 0.872 bits per heavy atom. The Balaban J connectivity index is 1.78. The fourth-order valence-electron chi connectivity index (χ4n) is 5.65. The Bertz CT molecular complexity index is 1400. The lowest BCUT2D eigenvalue weighted by Crippen LogP contribution is -2.40. The molecule has 39 heavy (non-hydrogen) atoms. The van der Waals surface area contributed by atoms with Crippen LogP contribution in [0.1, 0.15) is 49.8 Å². The molecule has 3 aromatic rings. The topological polar surface area (TPSA) is 77.1 Å². The van der Waals surface area contributed by atoms with Gasteiger partial charge in [0.15, 0.2) is 17.3 Å². The van der Waals surface area contributed by atoms with Gasteiger partial charge in [-0.1, -0.05) is 56.3 Å². The first-order chi connectivity index (χ1) is 18.9. The lowest BCUT2D eigenvalue weighted by atomic mass is 9.78. The van der Waals surface area contributed by atoms with E-state index in [4.69, 9.17) is 14.2 Å². The molecule has 1 aliphatic carbocycles. The number of anilines is 2. The predicted molar refractivity (Wildman–Crippen MR) is 152 cm³/mol. The summed E-state index contributed by atoms with van der Waals surface area (Å²) >= 11 is 0. The van der Waals surface area contributed by atoms with Crippen molar-refractivity contribution in [3.05, 3.63) is 89.1 Å². The van der Waals surface area contributed by atoms with Crippen molar-refractivity contribution in [2.45, 2.75) is 38.6 Å². The van der Waals surface area contributed by atoms with Crippen molar-refractivity contribution in [2.24, 2.45) is 5.92 Å². The van der Waals surface area contributed by atoms with E-state index in [2.05, 4.69) is 17.4 Å². The van der Waals surface area contributed by atoms with Crippen LogP contribution in [0.2, 0.25) is 0 Å². The van der Waals surface area contributed by atoms with E-state index in [-0.39, 0.29) is 23.5 Å². The standard InChI is InChI=1S/C32H34N2O5/c1-19(2)32(36)34-25-14-10-9-13-23(25)33-24-15-21(20-11-7-6-8-12-20)16-26(35)29(24)30(34)22-17-27(37-3)31(39-5)28(18-22)38-4/h6-14,17-19,21,30,33H,15-16H2,1-5H3. The summed E-state index contributed by atoms with van der Waals surface area (Å²) < 4.78 is 16.9. The highest BCUT2D eigenvalue weighted by Gasteiger charge is 2.42. The number of hydrogen-bond acceptors (Lipinski definition) is 6. The largest absolute Gasteiger partial charge is 0.493 e. The van der Waals surface area contributed by atoms with Gasteiger partial charge < -0.3 is 19.5 Å². The number of Topliss-reactive ketones (excluding diaryl/α,β-unsaturated/α-hetero) is 1. The van der Waals surface area contributed by atoms with Gasteiger partial charge in [0, 0.05) is 23.6 Å². The van der Waals surface area contributed by atoms with Gasteiger partial charge >= 0.3 is 0 Å².